The van der Waals surface area contributed by atoms with Crippen molar-refractivity contribution in [3.05, 3.63) is 0 Å². The highest BCUT2D eigenvalue weighted by molar-refractivity contribution is 4.75. The van der Waals surface area contributed by atoms with Gasteiger partial charge in [-0.25, -0.2) is 0 Å². The van der Waals surface area contributed by atoms with Gasteiger partial charge in [0.1, 0.15) is 0 Å². The summed E-state index contributed by atoms with van der Waals surface area (Å²) in [6.45, 7) is 59.6. The van der Waals surface area contributed by atoms with Gasteiger partial charge in [0.15, 0.2) is 0 Å². The van der Waals surface area contributed by atoms with Crippen molar-refractivity contribution in [2.24, 2.45) is 93.7 Å². The molecule has 0 aromatic heterocycles. The van der Waals surface area contributed by atoms with Crippen molar-refractivity contribution in [3.63, 3.8) is 0 Å². The van der Waals surface area contributed by atoms with Crippen LogP contribution in [0.3, 0.4) is 0 Å². The summed E-state index contributed by atoms with van der Waals surface area (Å²) in [5, 5.41) is 0. The summed E-state index contributed by atoms with van der Waals surface area (Å²) in [6, 6.07) is 0. The van der Waals surface area contributed by atoms with Gasteiger partial charge in [0.05, 0.1) is 0 Å². The SMILES string of the molecule is CC(C)C(C)(C)C.CC(C)C1CCC1.CC1(C)CCCC1.CC1CCCCC1.CC1CCC[C@H]1C.CC1CC[C@@H](C)C1.CCC(C)C(C)C.CCC1CCCC1.CCCC(C)C.CCCC(C)CC.CCCC1CCC1. The fourth-order valence-corrected chi connectivity index (χ4v) is 10.9. The first-order valence-corrected chi connectivity index (χ1v) is 35.6. The Kier molecular flexibility index (Phi) is 57.5. The van der Waals surface area contributed by atoms with Gasteiger partial charge < -0.3 is 0 Å². The molecule has 0 aliphatic heterocycles. The van der Waals surface area contributed by atoms with Crippen LogP contribution in [0, 0.1) is 93.7 Å². The molecule has 0 heteroatoms. The van der Waals surface area contributed by atoms with Crippen molar-refractivity contribution in [1.29, 1.82) is 0 Å². The summed E-state index contributed by atoms with van der Waals surface area (Å²) in [5.74, 6) is 13.8. The van der Waals surface area contributed by atoms with Crippen molar-refractivity contribution in [2.75, 3.05) is 0 Å². The van der Waals surface area contributed by atoms with Gasteiger partial charge in [0.25, 0.3) is 0 Å². The van der Waals surface area contributed by atoms with Crippen molar-refractivity contribution in [2.45, 2.75) is 398 Å². The highest BCUT2D eigenvalue weighted by atomic mass is 14.3. The zero-order chi connectivity index (χ0) is 59.1. The minimum absolute atomic E-state index is 0.500. The lowest BCUT2D eigenvalue weighted by atomic mass is 9.78. The maximum Gasteiger partial charge on any atom is -0.0354 e. The van der Waals surface area contributed by atoms with E-state index in [1.807, 2.05) is 0 Å². The quantitative estimate of drug-likeness (QED) is 0.193. The molecule has 0 saturated heterocycles. The molecule has 0 aromatic carbocycles. The third-order valence-electron chi connectivity index (χ3n) is 20.0. The van der Waals surface area contributed by atoms with Crippen molar-refractivity contribution >= 4 is 0 Å². The second kappa shape index (κ2) is 53.0. The molecule has 0 aromatic rings. The van der Waals surface area contributed by atoms with Crippen LogP contribution in [-0.2, 0) is 0 Å². The zero-order valence-corrected chi connectivity index (χ0v) is 59.1. The Labute approximate surface area is 489 Å². The molecule has 0 radical (unpaired) electrons. The van der Waals surface area contributed by atoms with Crippen molar-refractivity contribution in [3.8, 4) is 0 Å². The average molecular weight is 1070 g/mol. The Hall–Kier alpha value is 0. The van der Waals surface area contributed by atoms with Crippen LogP contribution in [0.4, 0.5) is 0 Å². The van der Waals surface area contributed by atoms with Crippen LogP contribution in [0.25, 0.3) is 0 Å². The van der Waals surface area contributed by atoms with Gasteiger partial charge >= 0.3 is 0 Å². The molecule has 0 nitrogen and oxygen atoms in total. The highest BCUT2D eigenvalue weighted by Crippen LogP contribution is 2.36. The van der Waals surface area contributed by atoms with Gasteiger partial charge in [-0.05, 0) is 113 Å². The molecular weight excluding hydrogens is 913 g/mol. The van der Waals surface area contributed by atoms with E-state index in [0.717, 1.165) is 82.9 Å². The van der Waals surface area contributed by atoms with Crippen molar-refractivity contribution in [1.82, 2.24) is 0 Å². The van der Waals surface area contributed by atoms with E-state index >= 15 is 0 Å². The predicted octanol–water partition coefficient (Wildman–Crippen LogP) is 28.3. The fraction of sp³-hybridized carbons (Fsp3) is 1.00. The molecule has 6 atom stereocenters. The molecule has 7 aliphatic rings. The molecule has 464 valence electrons. The first-order valence-electron chi connectivity index (χ1n) is 35.6. The van der Waals surface area contributed by atoms with E-state index < -0.39 is 0 Å². The third kappa shape index (κ3) is 55.9. The Bertz CT molecular complexity index is 1040. The molecule has 0 heterocycles. The molecule has 7 aliphatic carbocycles. The van der Waals surface area contributed by atoms with Crippen LogP contribution >= 0.6 is 0 Å². The van der Waals surface area contributed by atoms with E-state index in [4.69, 9.17) is 0 Å². The summed E-state index contributed by atoms with van der Waals surface area (Å²) in [4.78, 5) is 0. The number of rotatable bonds is 11. The highest BCUT2D eigenvalue weighted by Gasteiger charge is 2.22. The second-order valence-electron chi connectivity index (χ2n) is 30.7. The van der Waals surface area contributed by atoms with Gasteiger partial charge in [0.2, 0.25) is 0 Å². The third-order valence-corrected chi connectivity index (χ3v) is 20.0. The number of hydrogen-bond acceptors (Lipinski definition) is 0. The van der Waals surface area contributed by atoms with Crippen LogP contribution in [0.15, 0.2) is 0 Å². The van der Waals surface area contributed by atoms with Crippen LogP contribution in [0.2, 0.25) is 0 Å². The normalized spacial score (nSPS) is 23.6. The van der Waals surface area contributed by atoms with Crippen LogP contribution in [0.5, 0.6) is 0 Å². The molecule has 0 spiro atoms. The Balaban J connectivity index is -0.000000375. The lowest BCUT2D eigenvalue weighted by Gasteiger charge is -2.28. The molecule has 0 amide bonds. The lowest BCUT2D eigenvalue weighted by Crippen LogP contribution is -2.16. The fourth-order valence-electron chi connectivity index (χ4n) is 10.9. The van der Waals surface area contributed by atoms with Gasteiger partial charge in [-0.15, -0.1) is 0 Å². The second-order valence-corrected chi connectivity index (χ2v) is 30.7. The van der Waals surface area contributed by atoms with E-state index in [1.54, 1.807) is 0 Å². The topological polar surface area (TPSA) is 0 Å². The molecule has 0 N–H and O–H groups in total. The van der Waals surface area contributed by atoms with E-state index in [-0.39, 0.29) is 0 Å². The smallest absolute Gasteiger partial charge is 0.0354 e. The summed E-state index contributed by atoms with van der Waals surface area (Å²) >= 11 is 0. The molecule has 0 bridgehead atoms. The number of hydrogen-bond donors (Lipinski definition) is 0. The standard InChI is InChI=1S/7C7H14.3C7H16.C6H14/c1-6-3-4-7(2)5-6;1-7(2)5-3-4-6-7;1-6-4-3-5-7(6)2;1-6(2)7-4-3-5-7;1-7-5-3-2-4-6-7;1-2-7-5-3-4-6-7;1-2-4-7-5-3-6-7;1-6(2)7(3,4)5;1-5-7(4)6(2)3;1-4-6-7(3)5-2;1-4-5-6(2)3/h6-7H,3-5H2,1-2H3;3-6H2,1-2H3;2*6-7H,3-5H2,1-2H3;3*7H,2-6H2,1H3;6H,1-5H3;6-7H,5H2,1-4H3;7H,4-6H2,1-3H3;6H,4-5H2,1-3H3/t6-,7?;;6-,7?;;;;;;;;/m1.1......../s1. The van der Waals surface area contributed by atoms with Crippen LogP contribution in [-0.4, -0.2) is 0 Å². The van der Waals surface area contributed by atoms with Gasteiger partial charge in [-0.1, -0.05) is 379 Å². The van der Waals surface area contributed by atoms with E-state index in [2.05, 4.69) is 180 Å². The van der Waals surface area contributed by atoms with E-state index in [0.29, 0.717) is 10.8 Å². The maximum atomic E-state index is 2.36. The Morgan fingerprint density at radius 2 is 0.855 bits per heavy atom. The lowest BCUT2D eigenvalue weighted by molar-refractivity contribution is 0.235. The van der Waals surface area contributed by atoms with Gasteiger partial charge in [-0.3, -0.25) is 0 Å². The largest absolute Gasteiger partial charge is 0.0654 e. The zero-order valence-electron chi connectivity index (χ0n) is 59.1. The predicted molar refractivity (Wildman–Crippen MR) is 358 cm³/mol. The molecule has 7 saturated carbocycles. The van der Waals surface area contributed by atoms with Crippen LogP contribution < -0.4 is 0 Å². The Morgan fingerprint density at radius 3 is 0.974 bits per heavy atom. The summed E-state index contributed by atoms with van der Waals surface area (Å²) in [6.07, 6.45) is 49.6. The maximum absolute atomic E-state index is 2.36. The molecular formula is C76H160. The molecule has 7 rings (SSSR count). The molecule has 7 fully saturated rings. The minimum Gasteiger partial charge on any atom is -0.0654 e. The first-order chi connectivity index (χ1) is 35.6. The van der Waals surface area contributed by atoms with E-state index in [9.17, 15) is 0 Å². The molecule has 76 heavy (non-hydrogen) atoms. The molecule has 4 unspecified atom stereocenters. The summed E-state index contributed by atoms with van der Waals surface area (Å²) in [7, 11) is 0. The summed E-state index contributed by atoms with van der Waals surface area (Å²) in [5.41, 5.74) is 1.19. The van der Waals surface area contributed by atoms with Gasteiger partial charge in [-0.2, -0.15) is 0 Å². The minimum atomic E-state index is 0.500. The monoisotopic (exact) mass is 1070 g/mol. The van der Waals surface area contributed by atoms with Crippen molar-refractivity contribution < 1.29 is 0 Å². The Morgan fingerprint density at radius 1 is 0.434 bits per heavy atom. The van der Waals surface area contributed by atoms with Gasteiger partial charge in [0, 0.05) is 0 Å². The van der Waals surface area contributed by atoms with E-state index in [1.165, 1.54) is 218 Å². The first kappa shape index (κ1) is 82.5. The average Bonchev–Trinajstić information content (AvgIpc) is 4.16. The van der Waals surface area contributed by atoms with Crippen LogP contribution in [0.1, 0.15) is 398 Å². The summed E-state index contributed by atoms with van der Waals surface area (Å²) < 4.78 is 0.